The van der Waals surface area contributed by atoms with E-state index < -0.39 is 0 Å². The van der Waals surface area contributed by atoms with Gasteiger partial charge in [0.1, 0.15) is 16.0 Å². The first-order valence-electron chi connectivity index (χ1n) is 5.72. The monoisotopic (exact) mass is 302 g/mol. The SMILES string of the molecule is CCc1cc(CCCO)c(OC)c(Br)c1OC. The third-order valence-corrected chi connectivity index (χ3v) is 3.44. The van der Waals surface area contributed by atoms with E-state index >= 15 is 0 Å². The fourth-order valence-electron chi connectivity index (χ4n) is 1.89. The van der Waals surface area contributed by atoms with Gasteiger partial charge in [-0.15, -0.1) is 0 Å². The summed E-state index contributed by atoms with van der Waals surface area (Å²) in [5.41, 5.74) is 2.25. The first-order valence-corrected chi connectivity index (χ1v) is 6.51. The molecule has 96 valence electrons. The van der Waals surface area contributed by atoms with Crippen molar-refractivity contribution < 1.29 is 14.6 Å². The molecule has 0 aliphatic rings. The molecule has 0 aromatic heterocycles. The highest BCUT2D eigenvalue weighted by molar-refractivity contribution is 9.10. The van der Waals surface area contributed by atoms with Gasteiger partial charge < -0.3 is 14.6 Å². The molecule has 0 fully saturated rings. The third kappa shape index (κ3) is 3.13. The minimum absolute atomic E-state index is 0.189. The van der Waals surface area contributed by atoms with E-state index in [1.54, 1.807) is 14.2 Å². The highest BCUT2D eigenvalue weighted by Gasteiger charge is 2.16. The Kier molecular flexibility index (Phi) is 5.78. The van der Waals surface area contributed by atoms with Gasteiger partial charge in [0.15, 0.2) is 0 Å². The van der Waals surface area contributed by atoms with Crippen molar-refractivity contribution in [3.63, 3.8) is 0 Å². The Morgan fingerprint density at radius 1 is 1.18 bits per heavy atom. The molecule has 1 N–H and O–H groups in total. The number of ether oxygens (including phenoxy) is 2. The Bertz CT molecular complexity index is 377. The number of aliphatic hydroxyl groups excluding tert-OH is 1. The van der Waals surface area contributed by atoms with Gasteiger partial charge in [0, 0.05) is 6.61 Å². The molecule has 1 aromatic carbocycles. The molecule has 17 heavy (non-hydrogen) atoms. The smallest absolute Gasteiger partial charge is 0.140 e. The largest absolute Gasteiger partial charge is 0.495 e. The van der Waals surface area contributed by atoms with Crippen molar-refractivity contribution in [2.24, 2.45) is 0 Å². The van der Waals surface area contributed by atoms with Crippen molar-refractivity contribution in [1.29, 1.82) is 0 Å². The van der Waals surface area contributed by atoms with E-state index in [4.69, 9.17) is 14.6 Å². The van der Waals surface area contributed by atoms with E-state index in [1.165, 1.54) is 0 Å². The molecule has 1 rings (SSSR count). The molecule has 0 saturated heterocycles. The number of hydrogen-bond acceptors (Lipinski definition) is 3. The third-order valence-electron chi connectivity index (χ3n) is 2.72. The van der Waals surface area contributed by atoms with Gasteiger partial charge in [0.2, 0.25) is 0 Å². The molecule has 0 saturated carbocycles. The molecule has 0 heterocycles. The average molecular weight is 303 g/mol. The molecule has 4 heteroatoms. The molecule has 3 nitrogen and oxygen atoms in total. The Balaban J connectivity index is 3.24. The van der Waals surface area contributed by atoms with Crippen molar-refractivity contribution >= 4 is 15.9 Å². The second kappa shape index (κ2) is 6.87. The number of aliphatic hydroxyl groups is 1. The molecular weight excluding hydrogens is 284 g/mol. The highest BCUT2D eigenvalue weighted by Crippen LogP contribution is 2.40. The Morgan fingerprint density at radius 3 is 2.24 bits per heavy atom. The molecular formula is C13H19BrO3. The van der Waals surface area contributed by atoms with Crippen molar-refractivity contribution in [3.8, 4) is 11.5 Å². The summed E-state index contributed by atoms with van der Waals surface area (Å²) in [5, 5.41) is 8.91. The molecule has 0 unspecified atom stereocenters. The molecule has 0 radical (unpaired) electrons. The lowest BCUT2D eigenvalue weighted by Gasteiger charge is -2.16. The average Bonchev–Trinajstić information content (AvgIpc) is 2.35. The van der Waals surface area contributed by atoms with E-state index in [0.29, 0.717) is 0 Å². The molecule has 0 bridgehead atoms. The Morgan fingerprint density at radius 2 is 1.76 bits per heavy atom. The van der Waals surface area contributed by atoms with Crippen LogP contribution in [0.1, 0.15) is 24.5 Å². The van der Waals surface area contributed by atoms with E-state index in [9.17, 15) is 0 Å². The van der Waals surface area contributed by atoms with E-state index in [-0.39, 0.29) is 6.61 Å². The van der Waals surface area contributed by atoms with Crippen LogP contribution in [-0.4, -0.2) is 25.9 Å². The number of hydrogen-bond donors (Lipinski definition) is 1. The molecule has 0 aliphatic carbocycles. The van der Waals surface area contributed by atoms with Crippen molar-refractivity contribution in [3.05, 3.63) is 21.7 Å². The normalized spacial score (nSPS) is 10.4. The summed E-state index contributed by atoms with van der Waals surface area (Å²) in [7, 11) is 3.31. The minimum atomic E-state index is 0.189. The van der Waals surface area contributed by atoms with Crippen LogP contribution in [-0.2, 0) is 12.8 Å². The van der Waals surface area contributed by atoms with Gasteiger partial charge in [-0.3, -0.25) is 0 Å². The number of rotatable bonds is 6. The molecule has 0 amide bonds. The van der Waals surface area contributed by atoms with Crippen LogP contribution in [0.2, 0.25) is 0 Å². The maximum Gasteiger partial charge on any atom is 0.140 e. The summed E-state index contributed by atoms with van der Waals surface area (Å²) in [6, 6.07) is 2.10. The summed E-state index contributed by atoms with van der Waals surface area (Å²) in [6.07, 6.45) is 2.44. The van der Waals surface area contributed by atoms with Gasteiger partial charge in [-0.05, 0) is 52.4 Å². The van der Waals surface area contributed by atoms with E-state index in [1.807, 2.05) is 0 Å². The number of halogens is 1. The first kappa shape index (κ1) is 14.3. The second-order valence-electron chi connectivity index (χ2n) is 3.76. The zero-order valence-corrected chi connectivity index (χ0v) is 12.1. The summed E-state index contributed by atoms with van der Waals surface area (Å²) in [6.45, 7) is 2.28. The molecule has 0 atom stereocenters. The lowest BCUT2D eigenvalue weighted by atomic mass is 10.0. The van der Waals surface area contributed by atoms with Gasteiger partial charge in [0.25, 0.3) is 0 Å². The van der Waals surface area contributed by atoms with Gasteiger partial charge in [-0.2, -0.15) is 0 Å². The van der Waals surface area contributed by atoms with E-state index in [0.717, 1.165) is 46.4 Å². The fourth-order valence-corrected chi connectivity index (χ4v) is 2.72. The van der Waals surface area contributed by atoms with Crippen molar-refractivity contribution in [1.82, 2.24) is 0 Å². The topological polar surface area (TPSA) is 38.7 Å². The van der Waals surface area contributed by atoms with Crippen LogP contribution in [0.25, 0.3) is 0 Å². The standard InChI is InChI=1S/C13H19BrO3/c1-4-9-8-10(6-5-7-15)13(17-3)11(14)12(9)16-2/h8,15H,4-7H2,1-3H3. The summed E-state index contributed by atoms with van der Waals surface area (Å²) < 4.78 is 11.7. The van der Waals surface area contributed by atoms with Gasteiger partial charge in [-0.1, -0.05) is 6.92 Å². The van der Waals surface area contributed by atoms with Crippen LogP contribution < -0.4 is 9.47 Å². The molecule has 0 aliphatic heterocycles. The second-order valence-corrected chi connectivity index (χ2v) is 4.55. The lowest BCUT2D eigenvalue weighted by Crippen LogP contribution is -2.01. The van der Waals surface area contributed by atoms with Gasteiger partial charge >= 0.3 is 0 Å². The predicted molar refractivity (Wildman–Crippen MR) is 72.0 cm³/mol. The van der Waals surface area contributed by atoms with Crippen LogP contribution in [0, 0.1) is 0 Å². The van der Waals surface area contributed by atoms with E-state index in [2.05, 4.69) is 28.9 Å². The quantitative estimate of drug-likeness (QED) is 0.878. The summed E-state index contributed by atoms with van der Waals surface area (Å²) in [5.74, 6) is 1.63. The zero-order chi connectivity index (χ0) is 12.8. The zero-order valence-electron chi connectivity index (χ0n) is 10.5. The maximum atomic E-state index is 8.91. The predicted octanol–water partition coefficient (Wildman–Crippen LogP) is 2.95. The van der Waals surface area contributed by atoms with Gasteiger partial charge in [0.05, 0.1) is 14.2 Å². The van der Waals surface area contributed by atoms with Crippen molar-refractivity contribution in [2.45, 2.75) is 26.2 Å². The van der Waals surface area contributed by atoms with Crippen LogP contribution in [0.4, 0.5) is 0 Å². The fraction of sp³-hybridized carbons (Fsp3) is 0.538. The highest BCUT2D eigenvalue weighted by atomic mass is 79.9. The number of methoxy groups -OCH3 is 2. The van der Waals surface area contributed by atoms with Crippen LogP contribution in [0.3, 0.4) is 0 Å². The van der Waals surface area contributed by atoms with Crippen LogP contribution >= 0.6 is 15.9 Å². The lowest BCUT2D eigenvalue weighted by molar-refractivity contribution is 0.287. The van der Waals surface area contributed by atoms with Crippen molar-refractivity contribution in [2.75, 3.05) is 20.8 Å². The number of aryl methyl sites for hydroxylation is 2. The van der Waals surface area contributed by atoms with Gasteiger partial charge in [-0.25, -0.2) is 0 Å². The maximum absolute atomic E-state index is 8.91. The Hall–Kier alpha value is -0.740. The summed E-state index contributed by atoms with van der Waals surface area (Å²) in [4.78, 5) is 0. The first-order chi connectivity index (χ1) is 8.19. The van der Waals surface area contributed by atoms with Crippen LogP contribution in [0.5, 0.6) is 11.5 Å². The Labute approximate surface area is 111 Å². The molecule has 1 aromatic rings. The number of benzene rings is 1. The summed E-state index contributed by atoms with van der Waals surface area (Å²) >= 11 is 3.52. The minimum Gasteiger partial charge on any atom is -0.495 e. The molecule has 0 spiro atoms. The van der Waals surface area contributed by atoms with Crippen LogP contribution in [0.15, 0.2) is 10.5 Å².